The smallest absolute Gasteiger partial charge is 0.240 e. The van der Waals surface area contributed by atoms with Crippen LogP contribution in [0, 0.1) is 5.92 Å². The molecule has 3 atom stereocenters. The van der Waals surface area contributed by atoms with Gasteiger partial charge in [-0.1, -0.05) is 55.4 Å². The van der Waals surface area contributed by atoms with Crippen molar-refractivity contribution >= 4 is 25.8 Å². The van der Waals surface area contributed by atoms with Gasteiger partial charge in [-0.05, 0) is 22.5 Å². The van der Waals surface area contributed by atoms with Crippen LogP contribution in [0.5, 0.6) is 0 Å². The fourth-order valence-electron chi connectivity index (χ4n) is 3.90. The summed E-state index contributed by atoms with van der Waals surface area (Å²) < 4.78 is 6.85. The summed E-state index contributed by atoms with van der Waals surface area (Å²) in [5.41, 5.74) is 1.59. The number of carbonyl (C=O) groups excluding carboxylic acids is 1. The number of rotatable bonds is 7. The zero-order chi connectivity index (χ0) is 16.5. The molecule has 1 fully saturated rings. The molecule has 5 heteroatoms. The molecule has 0 saturated carbocycles. The summed E-state index contributed by atoms with van der Waals surface area (Å²) in [6.07, 6.45) is 0.00377. The van der Waals surface area contributed by atoms with Gasteiger partial charge in [0.05, 0.1) is 12.1 Å². The van der Waals surface area contributed by atoms with Gasteiger partial charge in [-0.2, -0.15) is 0 Å². The van der Waals surface area contributed by atoms with E-state index < -0.39 is 13.7 Å². The van der Waals surface area contributed by atoms with E-state index in [0.29, 0.717) is 22.5 Å². The maximum atomic E-state index is 11.4. The highest BCUT2D eigenvalue weighted by Gasteiger charge is 2.51. The minimum atomic E-state index is -1.96. The van der Waals surface area contributed by atoms with Crippen LogP contribution in [0.15, 0.2) is 0 Å². The average Bonchev–Trinajstić information content (AvgIpc) is 2.36. The molecule has 1 N–H and O–H groups in total. The van der Waals surface area contributed by atoms with Gasteiger partial charge in [0.2, 0.25) is 14.2 Å². The predicted octanol–water partition coefficient (Wildman–Crippen LogP) is 4.31. The first-order valence-electron chi connectivity index (χ1n) is 8.17. The quantitative estimate of drug-likeness (QED) is 0.428. The van der Waals surface area contributed by atoms with Gasteiger partial charge in [0, 0.05) is 0 Å². The van der Waals surface area contributed by atoms with Crippen LogP contribution in [0.1, 0.15) is 55.4 Å². The van der Waals surface area contributed by atoms with Crippen LogP contribution in [0.2, 0.25) is 16.6 Å². The number of β-lactam (4-membered cyclic amide) rings is 1. The molecule has 124 valence electrons. The van der Waals surface area contributed by atoms with Crippen molar-refractivity contribution in [3.8, 4) is 0 Å². The Morgan fingerprint density at radius 1 is 1.00 bits per heavy atom. The van der Waals surface area contributed by atoms with Gasteiger partial charge in [0.1, 0.15) is 5.38 Å². The fourth-order valence-corrected chi connectivity index (χ4v) is 9.88. The Morgan fingerprint density at radius 3 is 1.67 bits per heavy atom. The van der Waals surface area contributed by atoms with Crippen molar-refractivity contribution in [1.29, 1.82) is 0 Å². The molecule has 0 radical (unpaired) electrons. The van der Waals surface area contributed by atoms with Crippen molar-refractivity contribution < 1.29 is 9.22 Å². The predicted molar refractivity (Wildman–Crippen MR) is 92.3 cm³/mol. The van der Waals surface area contributed by atoms with Crippen LogP contribution < -0.4 is 5.32 Å². The average molecular weight is 334 g/mol. The lowest BCUT2D eigenvalue weighted by atomic mass is 9.92. The van der Waals surface area contributed by atoms with Crippen LogP contribution in [0.4, 0.5) is 0 Å². The molecule has 0 unspecified atom stereocenters. The summed E-state index contributed by atoms with van der Waals surface area (Å²) in [4.78, 5) is 11.4. The Kier molecular flexibility index (Phi) is 6.34. The summed E-state index contributed by atoms with van der Waals surface area (Å²) in [6, 6.07) is -0.0534. The number of nitrogens with one attached hydrogen (secondary N) is 1. The standard InChI is InChI=1S/C16H32ClNO2Si/c1-9(2)15(14-13(17)16(19)18-14)20-21(10(3)4,11(5)6)12(7)8/h9-15H,1-8H3,(H,18,19)/t13-,14+,15+/m1/s1. The van der Waals surface area contributed by atoms with Crippen LogP contribution >= 0.6 is 11.6 Å². The normalized spacial score (nSPS) is 24.7. The highest BCUT2D eigenvalue weighted by Crippen LogP contribution is 2.44. The van der Waals surface area contributed by atoms with E-state index in [1.54, 1.807) is 0 Å². The van der Waals surface area contributed by atoms with Crippen molar-refractivity contribution in [2.75, 3.05) is 0 Å². The Balaban J connectivity index is 3.06. The van der Waals surface area contributed by atoms with E-state index in [2.05, 4.69) is 60.7 Å². The van der Waals surface area contributed by atoms with E-state index in [0.717, 1.165) is 0 Å². The first-order valence-corrected chi connectivity index (χ1v) is 10.8. The summed E-state index contributed by atoms with van der Waals surface area (Å²) in [6.45, 7) is 18.0. The Bertz CT molecular complexity index is 350. The second-order valence-corrected chi connectivity index (χ2v) is 13.5. The number of amides is 1. The number of halogens is 1. The maximum Gasteiger partial charge on any atom is 0.240 e. The first-order chi connectivity index (χ1) is 9.55. The van der Waals surface area contributed by atoms with Crippen molar-refractivity contribution in [3.63, 3.8) is 0 Å². The zero-order valence-electron chi connectivity index (χ0n) is 14.7. The van der Waals surface area contributed by atoms with E-state index in [1.807, 2.05) is 0 Å². The van der Waals surface area contributed by atoms with Crippen molar-refractivity contribution in [2.45, 2.75) is 89.5 Å². The number of carbonyl (C=O) groups is 1. The molecule has 1 aliphatic rings. The van der Waals surface area contributed by atoms with Crippen molar-refractivity contribution in [2.24, 2.45) is 5.92 Å². The zero-order valence-corrected chi connectivity index (χ0v) is 16.5. The monoisotopic (exact) mass is 333 g/mol. The summed E-state index contributed by atoms with van der Waals surface area (Å²) >= 11 is 6.20. The van der Waals surface area contributed by atoms with Gasteiger partial charge in [-0.25, -0.2) is 0 Å². The molecule has 0 aromatic rings. The lowest BCUT2D eigenvalue weighted by molar-refractivity contribution is -0.130. The van der Waals surface area contributed by atoms with Crippen LogP contribution in [0.25, 0.3) is 0 Å². The number of hydrogen-bond donors (Lipinski definition) is 1. The fraction of sp³-hybridized carbons (Fsp3) is 0.938. The second-order valence-electron chi connectivity index (χ2n) is 7.58. The van der Waals surface area contributed by atoms with Gasteiger partial charge in [-0.3, -0.25) is 4.79 Å². The van der Waals surface area contributed by atoms with Gasteiger partial charge >= 0.3 is 0 Å². The molecular weight excluding hydrogens is 302 g/mol. The largest absolute Gasteiger partial charge is 0.411 e. The third kappa shape index (κ3) is 3.48. The molecule has 0 bridgehead atoms. The molecule has 1 saturated heterocycles. The third-order valence-corrected chi connectivity index (χ3v) is 11.5. The second kappa shape index (κ2) is 7.01. The molecule has 0 spiro atoms. The third-order valence-electron chi connectivity index (χ3n) is 4.93. The van der Waals surface area contributed by atoms with Gasteiger partial charge < -0.3 is 9.74 Å². The molecule has 21 heavy (non-hydrogen) atoms. The molecule has 1 rings (SSSR count). The molecule has 1 heterocycles. The molecule has 0 aromatic carbocycles. The minimum absolute atomic E-state index is 0.00377. The molecule has 0 aliphatic carbocycles. The van der Waals surface area contributed by atoms with E-state index in [-0.39, 0.29) is 18.1 Å². The van der Waals surface area contributed by atoms with E-state index in [4.69, 9.17) is 16.0 Å². The lowest BCUT2D eigenvalue weighted by Crippen LogP contribution is -2.68. The molecule has 1 amide bonds. The highest BCUT2D eigenvalue weighted by molar-refractivity contribution is 6.77. The number of alkyl halides is 1. The Labute approximate surface area is 136 Å². The summed E-state index contributed by atoms with van der Waals surface area (Å²) in [5.74, 6) is 0.266. The molecular formula is C16H32ClNO2Si. The van der Waals surface area contributed by atoms with Crippen molar-refractivity contribution in [1.82, 2.24) is 5.32 Å². The SMILES string of the molecule is CC(C)[C@H](O[Si](C(C)C)(C(C)C)C(C)C)[C@H]1NC(=O)[C@@H]1Cl. The van der Waals surface area contributed by atoms with Gasteiger partial charge in [0.25, 0.3) is 0 Å². The number of hydrogen-bond acceptors (Lipinski definition) is 2. The molecule has 1 aliphatic heterocycles. The van der Waals surface area contributed by atoms with Crippen LogP contribution in [-0.4, -0.2) is 31.7 Å². The highest BCUT2D eigenvalue weighted by atomic mass is 35.5. The van der Waals surface area contributed by atoms with E-state index in [1.165, 1.54) is 0 Å². The van der Waals surface area contributed by atoms with E-state index >= 15 is 0 Å². The topological polar surface area (TPSA) is 38.3 Å². The van der Waals surface area contributed by atoms with Gasteiger partial charge in [0.15, 0.2) is 0 Å². The summed E-state index contributed by atoms with van der Waals surface area (Å²) in [5, 5.41) is 2.49. The first kappa shape index (κ1) is 19.0. The minimum Gasteiger partial charge on any atom is -0.411 e. The summed E-state index contributed by atoms with van der Waals surface area (Å²) in [7, 11) is -1.96. The van der Waals surface area contributed by atoms with Gasteiger partial charge in [-0.15, -0.1) is 11.6 Å². The van der Waals surface area contributed by atoms with Crippen LogP contribution in [0.3, 0.4) is 0 Å². The molecule has 3 nitrogen and oxygen atoms in total. The van der Waals surface area contributed by atoms with Crippen LogP contribution in [-0.2, 0) is 9.22 Å². The lowest BCUT2D eigenvalue weighted by Gasteiger charge is -2.49. The van der Waals surface area contributed by atoms with Crippen molar-refractivity contribution in [3.05, 3.63) is 0 Å². The van der Waals surface area contributed by atoms with E-state index in [9.17, 15) is 4.79 Å². The molecule has 0 aromatic heterocycles. The Morgan fingerprint density at radius 2 is 1.43 bits per heavy atom. The maximum absolute atomic E-state index is 11.4. The Hall–Kier alpha value is -0.0631.